The summed E-state index contributed by atoms with van der Waals surface area (Å²) in [5.41, 5.74) is 6.60. The van der Waals surface area contributed by atoms with Gasteiger partial charge in [-0.25, -0.2) is 4.39 Å². The number of hydrogen-bond donors (Lipinski definition) is 1. The van der Waals surface area contributed by atoms with Gasteiger partial charge in [0.1, 0.15) is 5.82 Å². The monoisotopic (exact) mass is 296 g/mol. The van der Waals surface area contributed by atoms with E-state index in [1.807, 2.05) is 0 Å². The van der Waals surface area contributed by atoms with Gasteiger partial charge in [0, 0.05) is 0 Å². The summed E-state index contributed by atoms with van der Waals surface area (Å²) in [6.45, 7) is 0.405. The molecule has 0 aliphatic carbocycles. The molecule has 0 aliphatic rings. The number of methoxy groups -OCH3 is 1. The lowest BCUT2D eigenvalue weighted by Crippen LogP contribution is -2.08. The Kier molecular flexibility index (Phi) is 4.57. The fourth-order valence-electron chi connectivity index (χ4n) is 1.51. The van der Waals surface area contributed by atoms with E-state index < -0.39 is 0 Å². The second kappa shape index (κ2) is 6.38. The smallest absolute Gasteiger partial charge is 0.316 e. The van der Waals surface area contributed by atoms with Gasteiger partial charge in [-0.2, -0.15) is 0 Å². The van der Waals surface area contributed by atoms with E-state index in [2.05, 4.69) is 14.9 Å². The Labute approximate surface area is 119 Å². The average molecular weight is 296 g/mol. The molecule has 20 heavy (non-hydrogen) atoms. The van der Waals surface area contributed by atoms with Crippen LogP contribution in [0.1, 0.15) is 5.56 Å². The molecule has 0 spiro atoms. The minimum atomic E-state index is -0.357. The maximum atomic E-state index is 12.9. The van der Waals surface area contributed by atoms with Crippen molar-refractivity contribution in [3.05, 3.63) is 35.6 Å². The summed E-state index contributed by atoms with van der Waals surface area (Å²) in [4.78, 5) is 11.1. The zero-order valence-electron chi connectivity index (χ0n) is 10.7. The van der Waals surface area contributed by atoms with Crippen molar-refractivity contribution in [1.29, 1.82) is 0 Å². The van der Waals surface area contributed by atoms with Gasteiger partial charge in [-0.05, 0) is 17.7 Å². The van der Waals surface area contributed by atoms with Gasteiger partial charge in [0.05, 0.1) is 19.4 Å². The second-order valence-electron chi connectivity index (χ2n) is 3.92. The van der Waals surface area contributed by atoms with Gasteiger partial charge in [0.25, 0.3) is 0 Å². The molecule has 6 nitrogen and oxygen atoms in total. The van der Waals surface area contributed by atoms with Gasteiger partial charge in [-0.1, -0.05) is 23.9 Å². The summed E-state index contributed by atoms with van der Waals surface area (Å²) in [7, 11) is 1.32. The number of ether oxygens (including phenoxy) is 1. The molecule has 2 aromatic rings. The van der Waals surface area contributed by atoms with Gasteiger partial charge >= 0.3 is 5.97 Å². The first-order valence-corrected chi connectivity index (χ1v) is 6.71. The summed E-state index contributed by atoms with van der Waals surface area (Å²) in [5.74, 6) is -0.296. The highest BCUT2D eigenvalue weighted by atomic mass is 32.2. The largest absolute Gasteiger partial charge is 0.468 e. The number of benzene rings is 1. The highest BCUT2D eigenvalue weighted by Crippen LogP contribution is 2.19. The maximum absolute atomic E-state index is 12.9. The van der Waals surface area contributed by atoms with E-state index in [1.165, 1.54) is 31.0 Å². The predicted molar refractivity (Wildman–Crippen MR) is 72.7 cm³/mol. The number of carbonyl (C=O) groups excluding carboxylic acids is 1. The van der Waals surface area contributed by atoms with E-state index in [0.29, 0.717) is 11.7 Å². The minimum absolute atomic E-state index is 0.123. The number of rotatable bonds is 5. The van der Waals surface area contributed by atoms with Crippen molar-refractivity contribution in [2.75, 3.05) is 18.6 Å². The Bertz CT molecular complexity index is 600. The molecule has 0 radical (unpaired) electrons. The quantitative estimate of drug-likeness (QED) is 0.661. The Morgan fingerprint density at radius 2 is 2.10 bits per heavy atom. The number of thioether (sulfide) groups is 1. The number of hydrogen-bond acceptors (Lipinski definition) is 6. The molecular formula is C12H13FN4O2S. The van der Waals surface area contributed by atoms with E-state index in [4.69, 9.17) is 5.73 Å². The Hall–Kier alpha value is -2.09. The molecule has 1 aromatic heterocycles. The summed E-state index contributed by atoms with van der Waals surface area (Å²) >= 11 is 1.18. The van der Waals surface area contributed by atoms with Crippen LogP contribution in [0, 0.1) is 5.82 Å². The number of anilines is 1. The van der Waals surface area contributed by atoms with Crippen LogP contribution in [0.2, 0.25) is 0 Å². The van der Waals surface area contributed by atoms with Crippen molar-refractivity contribution in [1.82, 2.24) is 14.8 Å². The molecule has 0 saturated carbocycles. The van der Waals surface area contributed by atoms with Crippen LogP contribution < -0.4 is 5.73 Å². The normalized spacial score (nSPS) is 10.5. The molecule has 0 bridgehead atoms. The van der Waals surface area contributed by atoms with Gasteiger partial charge < -0.3 is 10.5 Å². The predicted octanol–water partition coefficient (Wildman–Crippen LogP) is 1.31. The molecule has 0 fully saturated rings. The first-order chi connectivity index (χ1) is 9.60. The topological polar surface area (TPSA) is 83.0 Å². The highest BCUT2D eigenvalue weighted by Gasteiger charge is 2.12. The van der Waals surface area contributed by atoms with Gasteiger partial charge in [0.2, 0.25) is 5.95 Å². The lowest BCUT2D eigenvalue weighted by Gasteiger charge is -2.07. The summed E-state index contributed by atoms with van der Waals surface area (Å²) < 4.78 is 19.1. The summed E-state index contributed by atoms with van der Waals surface area (Å²) in [6.07, 6.45) is 0. The molecule has 0 saturated heterocycles. The van der Waals surface area contributed by atoms with Gasteiger partial charge in [-0.3, -0.25) is 9.36 Å². The van der Waals surface area contributed by atoms with E-state index >= 15 is 0 Å². The lowest BCUT2D eigenvalue weighted by molar-refractivity contribution is -0.137. The number of carbonyl (C=O) groups is 1. The maximum Gasteiger partial charge on any atom is 0.316 e. The first kappa shape index (κ1) is 14.3. The first-order valence-electron chi connectivity index (χ1n) is 5.73. The summed E-state index contributed by atoms with van der Waals surface area (Å²) in [6, 6.07) is 6.06. The van der Waals surface area contributed by atoms with Crippen LogP contribution in [0.25, 0.3) is 0 Å². The van der Waals surface area contributed by atoms with Gasteiger partial charge in [0.15, 0.2) is 5.16 Å². The SMILES string of the molecule is COC(=O)CSc1nnc(N)n1Cc1ccc(F)cc1. The van der Waals surface area contributed by atoms with Crippen LogP contribution in [-0.4, -0.2) is 33.6 Å². The number of esters is 1. The third kappa shape index (κ3) is 3.47. The average Bonchev–Trinajstić information content (AvgIpc) is 2.79. The minimum Gasteiger partial charge on any atom is -0.468 e. The van der Waals surface area contributed by atoms with Crippen LogP contribution in [0.5, 0.6) is 0 Å². The number of aromatic nitrogens is 3. The molecular weight excluding hydrogens is 283 g/mol. The van der Waals surface area contributed by atoms with Crippen molar-refractivity contribution < 1.29 is 13.9 Å². The van der Waals surface area contributed by atoms with Crippen molar-refractivity contribution in [2.45, 2.75) is 11.7 Å². The number of nitrogens with zero attached hydrogens (tertiary/aromatic N) is 3. The zero-order valence-corrected chi connectivity index (χ0v) is 11.6. The molecule has 0 unspecified atom stereocenters. The third-order valence-electron chi connectivity index (χ3n) is 2.55. The van der Waals surface area contributed by atoms with E-state index in [9.17, 15) is 9.18 Å². The molecule has 8 heteroatoms. The Balaban J connectivity index is 2.12. The van der Waals surface area contributed by atoms with Crippen molar-refractivity contribution >= 4 is 23.7 Å². The zero-order chi connectivity index (χ0) is 14.5. The van der Waals surface area contributed by atoms with E-state index in [1.54, 1.807) is 16.7 Å². The van der Waals surface area contributed by atoms with E-state index in [-0.39, 0.29) is 23.5 Å². The fourth-order valence-corrected chi connectivity index (χ4v) is 2.29. The van der Waals surface area contributed by atoms with Crippen LogP contribution >= 0.6 is 11.8 Å². The van der Waals surface area contributed by atoms with Gasteiger partial charge in [-0.15, -0.1) is 10.2 Å². The van der Waals surface area contributed by atoms with Crippen molar-refractivity contribution in [3.63, 3.8) is 0 Å². The number of halogens is 1. The molecule has 2 N–H and O–H groups in total. The van der Waals surface area contributed by atoms with Crippen LogP contribution in [0.4, 0.5) is 10.3 Å². The Morgan fingerprint density at radius 1 is 1.40 bits per heavy atom. The molecule has 0 atom stereocenters. The highest BCUT2D eigenvalue weighted by molar-refractivity contribution is 7.99. The second-order valence-corrected chi connectivity index (χ2v) is 4.86. The van der Waals surface area contributed by atoms with Crippen LogP contribution in [0.3, 0.4) is 0 Å². The number of nitrogen functional groups attached to an aromatic ring is 1. The molecule has 0 aliphatic heterocycles. The summed E-state index contributed by atoms with van der Waals surface area (Å²) in [5, 5.41) is 8.19. The molecule has 106 valence electrons. The number of nitrogens with two attached hydrogens (primary N) is 1. The van der Waals surface area contributed by atoms with Crippen LogP contribution in [0.15, 0.2) is 29.4 Å². The third-order valence-corrected chi connectivity index (χ3v) is 3.49. The molecule has 0 amide bonds. The van der Waals surface area contributed by atoms with Crippen molar-refractivity contribution in [3.8, 4) is 0 Å². The molecule has 2 rings (SSSR count). The van der Waals surface area contributed by atoms with Crippen molar-refractivity contribution in [2.24, 2.45) is 0 Å². The standard InChI is InChI=1S/C12H13FN4O2S/c1-19-10(18)7-20-12-16-15-11(14)17(12)6-8-2-4-9(13)5-3-8/h2-5H,6-7H2,1H3,(H2,14,15). The lowest BCUT2D eigenvalue weighted by atomic mass is 10.2. The van der Waals surface area contributed by atoms with Crippen LogP contribution in [-0.2, 0) is 16.1 Å². The molecule has 1 aromatic carbocycles. The Morgan fingerprint density at radius 3 is 2.75 bits per heavy atom. The van der Waals surface area contributed by atoms with E-state index in [0.717, 1.165) is 5.56 Å². The fraction of sp³-hybridized carbons (Fsp3) is 0.250. The molecule has 1 heterocycles.